The zero-order valence-corrected chi connectivity index (χ0v) is 19.1. The highest BCUT2D eigenvalue weighted by Gasteiger charge is 2.44. The molecule has 2 heterocycles. The van der Waals surface area contributed by atoms with E-state index in [1.54, 1.807) is 12.1 Å². The number of benzene rings is 1. The summed E-state index contributed by atoms with van der Waals surface area (Å²) >= 11 is 0. The van der Waals surface area contributed by atoms with Crippen LogP contribution in [0.25, 0.3) is 0 Å². The van der Waals surface area contributed by atoms with Crippen molar-refractivity contribution in [2.45, 2.75) is 63.7 Å². The van der Waals surface area contributed by atoms with Gasteiger partial charge in [-0.05, 0) is 31.7 Å². The van der Waals surface area contributed by atoms with Gasteiger partial charge in [0.1, 0.15) is 5.82 Å². The van der Waals surface area contributed by atoms with Gasteiger partial charge in [0.2, 0.25) is 0 Å². The maximum absolute atomic E-state index is 13.0. The molecule has 2 aliphatic rings. The Kier molecular flexibility index (Phi) is 5.79. The molecule has 0 bridgehead atoms. The number of nitro benzene ring substituents is 1. The Morgan fingerprint density at radius 2 is 2.06 bits per heavy atom. The second-order valence-corrected chi connectivity index (χ2v) is 8.87. The first-order valence-electron chi connectivity index (χ1n) is 11.2. The molecule has 8 nitrogen and oxygen atoms in total. The van der Waals surface area contributed by atoms with E-state index in [1.807, 2.05) is 24.7 Å². The van der Waals surface area contributed by atoms with E-state index in [2.05, 4.69) is 12.2 Å². The van der Waals surface area contributed by atoms with Crippen molar-refractivity contribution in [1.82, 2.24) is 9.78 Å². The molecule has 1 N–H and O–H groups in total. The number of methoxy groups -OCH3 is 1. The lowest BCUT2D eigenvalue weighted by molar-refractivity contribution is -0.384. The van der Waals surface area contributed by atoms with E-state index in [-0.39, 0.29) is 11.1 Å². The first-order valence-corrected chi connectivity index (χ1v) is 11.2. The first-order chi connectivity index (χ1) is 15.3. The van der Waals surface area contributed by atoms with Gasteiger partial charge in [-0.15, -0.1) is 0 Å². The first kappa shape index (κ1) is 22.0. The zero-order valence-electron chi connectivity index (χ0n) is 19.1. The number of rotatable bonds is 5. The third-order valence-electron chi connectivity index (χ3n) is 7.18. The van der Waals surface area contributed by atoms with Crippen molar-refractivity contribution in [2.75, 3.05) is 12.4 Å². The number of carbonyl (C=O) groups excluding carboxylic acids is 1. The van der Waals surface area contributed by atoms with Crippen LogP contribution in [-0.4, -0.2) is 27.8 Å². The predicted octanol–water partition coefficient (Wildman–Crippen LogP) is 4.94. The van der Waals surface area contributed by atoms with Gasteiger partial charge in [0, 0.05) is 41.8 Å². The van der Waals surface area contributed by atoms with Gasteiger partial charge in [-0.3, -0.25) is 14.8 Å². The Morgan fingerprint density at radius 1 is 1.34 bits per heavy atom. The fourth-order valence-electron chi connectivity index (χ4n) is 5.48. The number of esters is 1. The number of nitro groups is 1. The van der Waals surface area contributed by atoms with Crippen molar-refractivity contribution < 1.29 is 14.5 Å². The molecule has 1 aromatic heterocycles. The second kappa shape index (κ2) is 8.41. The van der Waals surface area contributed by atoms with Crippen LogP contribution in [0.15, 0.2) is 35.5 Å². The highest BCUT2D eigenvalue weighted by Crippen LogP contribution is 2.51. The lowest BCUT2D eigenvalue weighted by atomic mass is 9.67. The largest absolute Gasteiger partial charge is 0.466 e. The minimum Gasteiger partial charge on any atom is -0.466 e. The molecule has 0 saturated heterocycles. The number of ether oxygens (including phenoxy) is 1. The van der Waals surface area contributed by atoms with Crippen LogP contribution < -0.4 is 5.32 Å². The molecule has 2 aromatic rings. The van der Waals surface area contributed by atoms with E-state index >= 15 is 0 Å². The normalized spacial score (nSPS) is 19.8. The van der Waals surface area contributed by atoms with E-state index in [0.29, 0.717) is 16.8 Å². The number of anilines is 1. The van der Waals surface area contributed by atoms with Crippen LogP contribution >= 0.6 is 0 Å². The number of nitrogens with one attached hydrogen (secondary N) is 1. The van der Waals surface area contributed by atoms with E-state index in [4.69, 9.17) is 9.84 Å². The SMILES string of the molecule is CCC1(c2nn(C)c3c2C(c2cccc([N+](=O)[O-])c2)C(C(=O)OC)=C(C)N3)CCCCC1. The average molecular weight is 439 g/mol. The Bertz CT molecular complexity index is 1100. The summed E-state index contributed by atoms with van der Waals surface area (Å²) in [4.78, 5) is 24.1. The molecule has 0 amide bonds. The quantitative estimate of drug-likeness (QED) is 0.403. The summed E-state index contributed by atoms with van der Waals surface area (Å²) in [5.41, 5.74) is 3.69. The van der Waals surface area contributed by atoms with Crippen molar-refractivity contribution in [2.24, 2.45) is 7.05 Å². The van der Waals surface area contributed by atoms with Gasteiger partial charge in [-0.1, -0.05) is 38.3 Å². The number of hydrogen-bond acceptors (Lipinski definition) is 6. The Balaban J connectivity index is 2.00. The summed E-state index contributed by atoms with van der Waals surface area (Å²) in [6.45, 7) is 4.04. The predicted molar refractivity (Wildman–Crippen MR) is 122 cm³/mol. The van der Waals surface area contributed by atoms with Crippen LogP contribution in [0.1, 0.15) is 75.1 Å². The van der Waals surface area contributed by atoms with Crippen molar-refractivity contribution in [1.29, 1.82) is 0 Å². The molecule has 0 spiro atoms. The molecule has 1 saturated carbocycles. The fraction of sp³-hybridized carbons (Fsp3) is 0.500. The van der Waals surface area contributed by atoms with E-state index < -0.39 is 16.8 Å². The minimum atomic E-state index is -0.493. The van der Waals surface area contributed by atoms with Gasteiger partial charge < -0.3 is 10.1 Å². The maximum Gasteiger partial charge on any atom is 0.336 e. The number of aromatic nitrogens is 2. The highest BCUT2D eigenvalue weighted by atomic mass is 16.6. The number of allylic oxidation sites excluding steroid dienone is 1. The maximum atomic E-state index is 13.0. The zero-order chi connectivity index (χ0) is 23.0. The van der Waals surface area contributed by atoms with Gasteiger partial charge in [-0.2, -0.15) is 5.10 Å². The smallest absolute Gasteiger partial charge is 0.336 e. The molecular weight excluding hydrogens is 408 g/mol. The summed E-state index contributed by atoms with van der Waals surface area (Å²) in [6, 6.07) is 6.55. The topological polar surface area (TPSA) is 99.3 Å². The number of aryl methyl sites for hydroxylation is 1. The molecule has 8 heteroatoms. The van der Waals surface area contributed by atoms with Crippen molar-refractivity contribution in [3.05, 3.63) is 62.5 Å². The van der Waals surface area contributed by atoms with Crippen LogP contribution in [0.5, 0.6) is 0 Å². The lowest BCUT2D eigenvalue weighted by Gasteiger charge is -2.38. The molecule has 1 aliphatic carbocycles. The monoisotopic (exact) mass is 438 g/mol. The molecule has 1 aromatic carbocycles. The Hall–Kier alpha value is -3.16. The number of nitrogens with zero attached hydrogens (tertiary/aromatic N) is 3. The third kappa shape index (κ3) is 3.47. The van der Waals surface area contributed by atoms with Gasteiger partial charge in [-0.25, -0.2) is 4.79 Å². The molecule has 4 rings (SSSR count). The van der Waals surface area contributed by atoms with Crippen LogP contribution in [0, 0.1) is 10.1 Å². The highest BCUT2D eigenvalue weighted by molar-refractivity contribution is 5.94. The summed E-state index contributed by atoms with van der Waals surface area (Å²) < 4.78 is 7.00. The fourth-order valence-corrected chi connectivity index (χ4v) is 5.48. The number of fused-ring (bicyclic) bond motifs is 1. The number of non-ortho nitro benzene ring substituents is 1. The Labute approximate surface area is 187 Å². The summed E-state index contributed by atoms with van der Waals surface area (Å²) in [6.07, 6.45) is 6.56. The van der Waals surface area contributed by atoms with Crippen molar-refractivity contribution in [3.63, 3.8) is 0 Å². The summed E-state index contributed by atoms with van der Waals surface area (Å²) in [7, 11) is 3.27. The molecule has 1 aliphatic heterocycles. The Morgan fingerprint density at radius 3 is 2.69 bits per heavy atom. The standard InChI is InChI=1S/C24H30N4O4/c1-5-24(12-7-6-8-13-24)21-20-19(16-10-9-11-17(14-16)28(30)31)18(23(29)32-4)15(2)25-22(20)27(3)26-21/h9-11,14,19,25H,5-8,12-13H2,1-4H3. The average Bonchev–Trinajstić information content (AvgIpc) is 3.14. The molecule has 1 fully saturated rings. The van der Waals surface area contributed by atoms with Gasteiger partial charge >= 0.3 is 5.97 Å². The van der Waals surface area contributed by atoms with Crippen LogP contribution in [0.4, 0.5) is 11.5 Å². The molecule has 32 heavy (non-hydrogen) atoms. The van der Waals surface area contributed by atoms with Crippen LogP contribution in [0.2, 0.25) is 0 Å². The molecule has 0 radical (unpaired) electrons. The molecule has 1 unspecified atom stereocenters. The molecule has 1 atom stereocenters. The molecule has 170 valence electrons. The third-order valence-corrected chi connectivity index (χ3v) is 7.18. The van der Waals surface area contributed by atoms with E-state index in [9.17, 15) is 14.9 Å². The van der Waals surface area contributed by atoms with E-state index in [1.165, 1.54) is 19.6 Å². The number of hydrogen-bond donors (Lipinski definition) is 1. The summed E-state index contributed by atoms with van der Waals surface area (Å²) in [5, 5.41) is 19.9. The number of carbonyl (C=O) groups is 1. The second-order valence-electron chi connectivity index (χ2n) is 8.87. The van der Waals surface area contributed by atoms with Crippen LogP contribution in [0.3, 0.4) is 0 Å². The van der Waals surface area contributed by atoms with E-state index in [0.717, 1.165) is 49.2 Å². The van der Waals surface area contributed by atoms with Gasteiger partial charge in [0.15, 0.2) is 0 Å². The minimum absolute atomic E-state index is 0.00207. The van der Waals surface area contributed by atoms with Crippen molar-refractivity contribution in [3.8, 4) is 0 Å². The molecular formula is C24H30N4O4. The summed E-state index contributed by atoms with van der Waals surface area (Å²) in [5.74, 6) is -0.103. The van der Waals surface area contributed by atoms with Gasteiger partial charge in [0.05, 0.1) is 23.3 Å². The van der Waals surface area contributed by atoms with Gasteiger partial charge in [0.25, 0.3) is 5.69 Å². The van der Waals surface area contributed by atoms with Crippen molar-refractivity contribution >= 4 is 17.5 Å². The lowest BCUT2D eigenvalue weighted by Crippen LogP contribution is -2.32. The van der Waals surface area contributed by atoms with Crippen LogP contribution in [-0.2, 0) is 22.0 Å².